The van der Waals surface area contributed by atoms with Crippen molar-refractivity contribution < 1.29 is 26.7 Å². The highest BCUT2D eigenvalue weighted by Gasteiger charge is 2.39. The van der Waals surface area contributed by atoms with Gasteiger partial charge in [0.15, 0.2) is 0 Å². The van der Waals surface area contributed by atoms with Crippen LogP contribution >= 0.6 is 0 Å². The maximum absolute atomic E-state index is 12.5. The van der Waals surface area contributed by atoms with Crippen LogP contribution in [0.3, 0.4) is 0 Å². The van der Waals surface area contributed by atoms with Crippen LogP contribution in [0, 0.1) is 5.92 Å². The van der Waals surface area contributed by atoms with E-state index < -0.39 is 37.0 Å². The summed E-state index contributed by atoms with van der Waals surface area (Å²) in [6.07, 6.45) is 1.24. The third-order valence-corrected chi connectivity index (χ3v) is 8.10. The molecule has 2 fully saturated rings. The third-order valence-electron chi connectivity index (χ3n) is 4.02. The van der Waals surface area contributed by atoms with E-state index in [1.165, 1.54) is 4.31 Å². The molecule has 2 aliphatic heterocycles. The Morgan fingerprint density at radius 1 is 1.15 bits per heavy atom. The fourth-order valence-corrected chi connectivity index (χ4v) is 6.57. The summed E-state index contributed by atoms with van der Waals surface area (Å²) >= 11 is 0. The standard InChI is InChI=1S/C11H19NO6S2/c13-11(14)9-2-1-5-12(8-9)20(17,18)10-3-6-19(15,16)7-4-10/h9-10H,1-8H2,(H,13,14). The molecule has 0 aliphatic carbocycles. The second-order valence-corrected chi connectivity index (χ2v) is 9.95. The maximum Gasteiger partial charge on any atom is 0.307 e. The number of carbonyl (C=O) groups is 1. The Bertz CT molecular complexity index is 568. The molecule has 0 aromatic heterocycles. The highest BCUT2D eigenvalue weighted by Crippen LogP contribution is 2.26. The van der Waals surface area contributed by atoms with Crippen molar-refractivity contribution in [1.82, 2.24) is 4.31 Å². The van der Waals surface area contributed by atoms with Gasteiger partial charge in [-0.3, -0.25) is 4.79 Å². The first-order valence-electron chi connectivity index (χ1n) is 6.64. The van der Waals surface area contributed by atoms with E-state index in [0.717, 1.165) is 0 Å². The molecule has 2 heterocycles. The summed E-state index contributed by atoms with van der Waals surface area (Å²) in [6, 6.07) is 0. The third kappa shape index (κ3) is 3.32. The number of carboxylic acids is 1. The van der Waals surface area contributed by atoms with E-state index in [1.807, 2.05) is 0 Å². The molecular formula is C11H19NO6S2. The Hall–Kier alpha value is -0.670. The lowest BCUT2D eigenvalue weighted by Crippen LogP contribution is -2.48. The predicted octanol–water partition coefficient (Wildman–Crippen LogP) is -0.310. The van der Waals surface area contributed by atoms with Crippen molar-refractivity contribution in [1.29, 1.82) is 0 Å². The molecule has 1 unspecified atom stereocenters. The van der Waals surface area contributed by atoms with Crippen LogP contribution in [-0.4, -0.2) is 62.1 Å². The highest BCUT2D eigenvalue weighted by atomic mass is 32.2. The number of piperidine rings is 1. The lowest BCUT2D eigenvalue weighted by molar-refractivity contribution is -0.142. The average molecular weight is 325 g/mol. The molecule has 2 saturated heterocycles. The summed E-state index contributed by atoms with van der Waals surface area (Å²) in [7, 11) is -6.70. The van der Waals surface area contributed by atoms with Gasteiger partial charge >= 0.3 is 5.97 Å². The van der Waals surface area contributed by atoms with Crippen LogP contribution in [0.2, 0.25) is 0 Å². The van der Waals surface area contributed by atoms with Crippen molar-refractivity contribution >= 4 is 25.8 Å². The first-order valence-corrected chi connectivity index (χ1v) is 9.97. The first kappa shape index (κ1) is 15.7. The number of sulfone groups is 1. The largest absolute Gasteiger partial charge is 0.481 e. The Labute approximate surface area is 118 Å². The summed E-state index contributed by atoms with van der Waals surface area (Å²) in [4.78, 5) is 11.0. The molecule has 20 heavy (non-hydrogen) atoms. The molecule has 9 heteroatoms. The minimum absolute atomic E-state index is 0.000909. The van der Waals surface area contributed by atoms with Gasteiger partial charge in [0.2, 0.25) is 10.0 Å². The minimum Gasteiger partial charge on any atom is -0.481 e. The van der Waals surface area contributed by atoms with Gasteiger partial charge in [-0.25, -0.2) is 21.1 Å². The fraction of sp³-hybridized carbons (Fsp3) is 0.909. The lowest BCUT2D eigenvalue weighted by Gasteiger charge is -2.34. The summed E-state index contributed by atoms with van der Waals surface area (Å²) in [5, 5.41) is 8.30. The molecule has 7 nitrogen and oxygen atoms in total. The summed E-state index contributed by atoms with van der Waals surface area (Å²) < 4.78 is 48.9. The molecule has 0 radical (unpaired) electrons. The van der Waals surface area contributed by atoms with Crippen LogP contribution < -0.4 is 0 Å². The predicted molar refractivity (Wildman–Crippen MR) is 72.5 cm³/mol. The van der Waals surface area contributed by atoms with E-state index in [-0.39, 0.29) is 30.9 Å². The van der Waals surface area contributed by atoms with Crippen LogP contribution in [0.5, 0.6) is 0 Å². The molecule has 0 aromatic rings. The van der Waals surface area contributed by atoms with Crippen molar-refractivity contribution in [2.75, 3.05) is 24.6 Å². The molecule has 2 aliphatic rings. The molecule has 0 spiro atoms. The minimum atomic E-state index is -3.60. The summed E-state index contributed by atoms with van der Waals surface area (Å²) in [5.41, 5.74) is 0. The van der Waals surface area contributed by atoms with Crippen LogP contribution in [-0.2, 0) is 24.7 Å². The molecule has 116 valence electrons. The van der Waals surface area contributed by atoms with Gasteiger partial charge in [0.05, 0.1) is 22.7 Å². The van der Waals surface area contributed by atoms with Gasteiger partial charge in [-0.2, -0.15) is 0 Å². The SMILES string of the molecule is O=C(O)C1CCCN(S(=O)(=O)C2CCS(=O)(=O)CC2)C1. The maximum atomic E-state index is 12.5. The van der Waals surface area contributed by atoms with Crippen molar-refractivity contribution in [2.24, 2.45) is 5.92 Å². The summed E-state index contributed by atoms with van der Waals surface area (Å²) in [6.45, 7) is 0.330. The first-order chi connectivity index (χ1) is 9.22. The Kier molecular flexibility index (Phi) is 4.41. The molecule has 1 atom stereocenters. The average Bonchev–Trinajstić information content (AvgIpc) is 2.38. The van der Waals surface area contributed by atoms with Gasteiger partial charge in [-0.15, -0.1) is 0 Å². The van der Waals surface area contributed by atoms with E-state index in [0.29, 0.717) is 19.4 Å². The smallest absolute Gasteiger partial charge is 0.307 e. The van der Waals surface area contributed by atoms with Gasteiger partial charge < -0.3 is 5.11 Å². The van der Waals surface area contributed by atoms with Crippen molar-refractivity contribution in [3.05, 3.63) is 0 Å². The van der Waals surface area contributed by atoms with Gasteiger partial charge in [-0.05, 0) is 25.7 Å². The zero-order chi connectivity index (χ0) is 15.0. The Morgan fingerprint density at radius 3 is 2.30 bits per heavy atom. The Morgan fingerprint density at radius 2 is 1.75 bits per heavy atom. The molecule has 2 rings (SSSR count). The van der Waals surface area contributed by atoms with Crippen LogP contribution in [0.1, 0.15) is 25.7 Å². The monoisotopic (exact) mass is 325 g/mol. The van der Waals surface area contributed by atoms with Gasteiger partial charge in [0.25, 0.3) is 0 Å². The number of sulfonamides is 1. The zero-order valence-electron chi connectivity index (χ0n) is 11.1. The van der Waals surface area contributed by atoms with Gasteiger partial charge in [-0.1, -0.05) is 0 Å². The highest BCUT2D eigenvalue weighted by molar-refractivity contribution is 7.92. The van der Waals surface area contributed by atoms with E-state index in [9.17, 15) is 21.6 Å². The number of nitrogens with zero attached hydrogens (tertiary/aromatic N) is 1. The van der Waals surface area contributed by atoms with Gasteiger partial charge in [0, 0.05) is 13.1 Å². The molecular weight excluding hydrogens is 306 g/mol. The number of rotatable bonds is 3. The molecule has 1 N–H and O–H groups in total. The second kappa shape index (κ2) is 5.61. The topological polar surface area (TPSA) is 109 Å². The van der Waals surface area contributed by atoms with Crippen LogP contribution in [0.15, 0.2) is 0 Å². The van der Waals surface area contributed by atoms with E-state index in [1.54, 1.807) is 0 Å². The number of hydrogen-bond donors (Lipinski definition) is 1. The van der Waals surface area contributed by atoms with Crippen molar-refractivity contribution in [3.63, 3.8) is 0 Å². The van der Waals surface area contributed by atoms with Crippen LogP contribution in [0.4, 0.5) is 0 Å². The number of aliphatic carboxylic acids is 1. The molecule has 0 amide bonds. The number of carboxylic acid groups (broad SMARTS) is 1. The van der Waals surface area contributed by atoms with Crippen LogP contribution in [0.25, 0.3) is 0 Å². The quantitative estimate of drug-likeness (QED) is 0.762. The van der Waals surface area contributed by atoms with Crippen molar-refractivity contribution in [3.8, 4) is 0 Å². The lowest BCUT2D eigenvalue weighted by atomic mass is 10.0. The Balaban J connectivity index is 2.08. The normalized spacial score (nSPS) is 29.1. The molecule has 0 bridgehead atoms. The zero-order valence-corrected chi connectivity index (χ0v) is 12.7. The molecule has 0 aromatic carbocycles. The van der Waals surface area contributed by atoms with E-state index in [2.05, 4.69) is 0 Å². The summed E-state index contributed by atoms with van der Waals surface area (Å²) in [5.74, 6) is -1.85. The number of hydrogen-bond acceptors (Lipinski definition) is 5. The second-order valence-electron chi connectivity index (χ2n) is 5.43. The van der Waals surface area contributed by atoms with Crippen molar-refractivity contribution in [2.45, 2.75) is 30.9 Å². The fourth-order valence-electron chi connectivity index (χ4n) is 2.75. The van der Waals surface area contributed by atoms with Gasteiger partial charge in [0.1, 0.15) is 9.84 Å². The molecule has 0 saturated carbocycles. The van der Waals surface area contributed by atoms with E-state index >= 15 is 0 Å². The van der Waals surface area contributed by atoms with E-state index in [4.69, 9.17) is 5.11 Å².